The van der Waals surface area contributed by atoms with E-state index in [9.17, 15) is 9.90 Å². The molecule has 4 N–H and O–H groups in total. The van der Waals surface area contributed by atoms with E-state index in [-0.39, 0.29) is 11.7 Å². The third-order valence-electron chi connectivity index (χ3n) is 2.37. The lowest BCUT2D eigenvalue weighted by molar-refractivity contribution is -0.139. The van der Waals surface area contributed by atoms with Gasteiger partial charge in [0, 0.05) is 0 Å². The molecule has 0 aliphatic carbocycles. The molecule has 0 fully saturated rings. The Bertz CT molecular complexity index is 351. The van der Waals surface area contributed by atoms with Crippen molar-refractivity contribution >= 4 is 5.97 Å². The molecule has 0 saturated heterocycles. The summed E-state index contributed by atoms with van der Waals surface area (Å²) in [6.45, 7) is 1.78. The summed E-state index contributed by atoms with van der Waals surface area (Å²) in [5.41, 5.74) is 6.37. The Hall–Kier alpha value is -1.55. The molecule has 1 rings (SSSR count). The fourth-order valence-corrected chi connectivity index (χ4v) is 1.43. The SMILES string of the molecule is CC(Cc1cccc(O)c1)C(N)C(=O)O. The van der Waals surface area contributed by atoms with Gasteiger partial charge in [0.2, 0.25) is 0 Å². The van der Waals surface area contributed by atoms with Crippen molar-refractivity contribution in [2.75, 3.05) is 0 Å². The topological polar surface area (TPSA) is 83.5 Å². The van der Waals surface area contributed by atoms with Crippen molar-refractivity contribution in [2.45, 2.75) is 19.4 Å². The van der Waals surface area contributed by atoms with Gasteiger partial charge in [-0.2, -0.15) is 0 Å². The van der Waals surface area contributed by atoms with Crippen LogP contribution >= 0.6 is 0 Å². The molecule has 0 radical (unpaired) electrons. The van der Waals surface area contributed by atoms with E-state index < -0.39 is 12.0 Å². The van der Waals surface area contributed by atoms with E-state index >= 15 is 0 Å². The van der Waals surface area contributed by atoms with Gasteiger partial charge in [-0.05, 0) is 30.0 Å². The molecular formula is C11H15NO3. The molecule has 0 spiro atoms. The number of carbonyl (C=O) groups is 1. The lowest BCUT2D eigenvalue weighted by Gasteiger charge is -2.15. The minimum Gasteiger partial charge on any atom is -0.508 e. The predicted octanol–water partition coefficient (Wildman–Crippen LogP) is 0.983. The van der Waals surface area contributed by atoms with Gasteiger partial charge in [0.15, 0.2) is 0 Å². The minimum absolute atomic E-state index is 0.163. The highest BCUT2D eigenvalue weighted by Crippen LogP contribution is 2.16. The summed E-state index contributed by atoms with van der Waals surface area (Å²) in [6.07, 6.45) is 0.544. The van der Waals surface area contributed by atoms with Crippen molar-refractivity contribution < 1.29 is 15.0 Å². The minimum atomic E-state index is -0.998. The van der Waals surface area contributed by atoms with Crippen LogP contribution < -0.4 is 5.73 Å². The third-order valence-corrected chi connectivity index (χ3v) is 2.37. The van der Waals surface area contributed by atoms with E-state index in [1.54, 1.807) is 25.1 Å². The number of aromatic hydroxyl groups is 1. The molecule has 2 atom stereocenters. The second-order valence-corrected chi connectivity index (χ2v) is 3.72. The second-order valence-electron chi connectivity index (χ2n) is 3.72. The van der Waals surface area contributed by atoms with Crippen molar-refractivity contribution in [1.29, 1.82) is 0 Å². The summed E-state index contributed by atoms with van der Waals surface area (Å²) in [7, 11) is 0. The summed E-state index contributed by atoms with van der Waals surface area (Å²) >= 11 is 0. The summed E-state index contributed by atoms with van der Waals surface area (Å²) in [6, 6.07) is 5.89. The Morgan fingerprint density at radius 1 is 1.53 bits per heavy atom. The molecule has 2 unspecified atom stereocenters. The van der Waals surface area contributed by atoms with Gasteiger partial charge in [-0.3, -0.25) is 4.79 Å². The van der Waals surface area contributed by atoms with Gasteiger partial charge >= 0.3 is 5.97 Å². The number of benzene rings is 1. The van der Waals surface area contributed by atoms with Crippen LogP contribution in [0.3, 0.4) is 0 Å². The fourth-order valence-electron chi connectivity index (χ4n) is 1.43. The van der Waals surface area contributed by atoms with Crippen LogP contribution in [0.4, 0.5) is 0 Å². The Morgan fingerprint density at radius 2 is 2.20 bits per heavy atom. The van der Waals surface area contributed by atoms with Gasteiger partial charge in [-0.15, -0.1) is 0 Å². The first-order valence-corrected chi connectivity index (χ1v) is 4.77. The van der Waals surface area contributed by atoms with Gasteiger partial charge in [0.25, 0.3) is 0 Å². The first kappa shape index (κ1) is 11.5. The first-order chi connectivity index (χ1) is 7.00. The van der Waals surface area contributed by atoms with Gasteiger partial charge in [-0.25, -0.2) is 0 Å². The predicted molar refractivity (Wildman–Crippen MR) is 56.6 cm³/mol. The molecular weight excluding hydrogens is 194 g/mol. The summed E-state index contributed by atoms with van der Waals surface area (Å²) < 4.78 is 0. The van der Waals surface area contributed by atoms with Crippen LogP contribution in [0.1, 0.15) is 12.5 Å². The number of phenolic OH excluding ortho intramolecular Hbond substituents is 1. The normalized spacial score (nSPS) is 14.5. The maximum absolute atomic E-state index is 10.6. The van der Waals surface area contributed by atoms with E-state index in [2.05, 4.69) is 0 Å². The maximum atomic E-state index is 10.6. The zero-order valence-electron chi connectivity index (χ0n) is 8.55. The molecule has 0 aliphatic heterocycles. The number of nitrogens with two attached hydrogens (primary N) is 1. The molecule has 1 aromatic carbocycles. The summed E-state index contributed by atoms with van der Waals surface area (Å²) in [4.78, 5) is 10.6. The van der Waals surface area contributed by atoms with Crippen LogP contribution in [-0.4, -0.2) is 22.2 Å². The molecule has 0 amide bonds. The number of aliphatic carboxylic acids is 1. The second kappa shape index (κ2) is 4.79. The van der Waals surface area contributed by atoms with Crippen molar-refractivity contribution in [3.63, 3.8) is 0 Å². The quantitative estimate of drug-likeness (QED) is 0.690. The van der Waals surface area contributed by atoms with E-state index in [4.69, 9.17) is 10.8 Å². The van der Waals surface area contributed by atoms with Crippen molar-refractivity contribution in [1.82, 2.24) is 0 Å². The lowest BCUT2D eigenvalue weighted by Crippen LogP contribution is -2.37. The molecule has 15 heavy (non-hydrogen) atoms. The Balaban J connectivity index is 2.66. The molecule has 0 aromatic heterocycles. The Morgan fingerprint density at radius 3 is 2.73 bits per heavy atom. The number of rotatable bonds is 4. The molecule has 0 aliphatic rings. The molecule has 1 aromatic rings. The highest BCUT2D eigenvalue weighted by Gasteiger charge is 2.19. The van der Waals surface area contributed by atoms with Crippen molar-refractivity contribution in [3.05, 3.63) is 29.8 Å². The van der Waals surface area contributed by atoms with Crippen LogP contribution in [0, 0.1) is 5.92 Å². The van der Waals surface area contributed by atoms with Gasteiger partial charge in [0.1, 0.15) is 11.8 Å². The van der Waals surface area contributed by atoms with Crippen LogP contribution in [0.15, 0.2) is 24.3 Å². The Labute approximate surface area is 88.3 Å². The zero-order valence-corrected chi connectivity index (χ0v) is 8.55. The lowest BCUT2D eigenvalue weighted by atomic mass is 9.94. The molecule has 0 heterocycles. The van der Waals surface area contributed by atoms with Crippen LogP contribution in [0.5, 0.6) is 5.75 Å². The van der Waals surface area contributed by atoms with E-state index in [0.717, 1.165) is 5.56 Å². The molecule has 0 saturated carbocycles. The molecule has 4 nitrogen and oxygen atoms in total. The van der Waals surface area contributed by atoms with Gasteiger partial charge < -0.3 is 15.9 Å². The molecule has 82 valence electrons. The maximum Gasteiger partial charge on any atom is 0.320 e. The largest absolute Gasteiger partial charge is 0.508 e. The van der Waals surface area contributed by atoms with Crippen molar-refractivity contribution in [3.8, 4) is 5.75 Å². The summed E-state index contributed by atoms with van der Waals surface area (Å²) in [5, 5.41) is 17.9. The van der Waals surface area contributed by atoms with Gasteiger partial charge in [0.05, 0.1) is 0 Å². The number of phenols is 1. The number of hydrogen-bond acceptors (Lipinski definition) is 3. The number of hydrogen-bond donors (Lipinski definition) is 3. The first-order valence-electron chi connectivity index (χ1n) is 4.77. The fraction of sp³-hybridized carbons (Fsp3) is 0.364. The van der Waals surface area contributed by atoms with Crippen LogP contribution in [0.2, 0.25) is 0 Å². The highest BCUT2D eigenvalue weighted by molar-refractivity contribution is 5.73. The van der Waals surface area contributed by atoms with E-state index in [1.165, 1.54) is 0 Å². The third kappa shape index (κ3) is 3.25. The molecule has 4 heteroatoms. The smallest absolute Gasteiger partial charge is 0.320 e. The van der Waals surface area contributed by atoms with Gasteiger partial charge in [-0.1, -0.05) is 19.1 Å². The van der Waals surface area contributed by atoms with Crippen LogP contribution in [-0.2, 0) is 11.2 Å². The summed E-state index contributed by atoms with van der Waals surface area (Å²) in [5.74, 6) is -0.976. The van der Waals surface area contributed by atoms with Crippen LogP contribution in [0.25, 0.3) is 0 Å². The average Bonchev–Trinajstić information content (AvgIpc) is 2.16. The highest BCUT2D eigenvalue weighted by atomic mass is 16.4. The van der Waals surface area contributed by atoms with E-state index in [0.29, 0.717) is 6.42 Å². The number of carboxylic acid groups (broad SMARTS) is 1. The van der Waals surface area contributed by atoms with Crippen molar-refractivity contribution in [2.24, 2.45) is 11.7 Å². The monoisotopic (exact) mass is 209 g/mol. The van der Waals surface area contributed by atoms with E-state index in [1.807, 2.05) is 6.07 Å². The molecule has 0 bridgehead atoms. The zero-order chi connectivity index (χ0) is 11.4. The Kier molecular flexibility index (Phi) is 3.68. The standard InChI is InChI=1S/C11H15NO3/c1-7(10(12)11(14)15)5-8-3-2-4-9(13)6-8/h2-4,6-7,10,13H,5,12H2,1H3,(H,14,15). The average molecular weight is 209 g/mol. The number of carboxylic acids is 1.